The fraction of sp³-hybridized carbons (Fsp3) is 0.833. The number of hydrogen-bond donors (Lipinski definition) is 1. The van der Waals surface area contributed by atoms with Gasteiger partial charge in [0.15, 0.2) is 17.4 Å². The third-order valence-electron chi connectivity index (χ3n) is 1.06. The van der Waals surface area contributed by atoms with Crippen molar-refractivity contribution >= 4 is 23.6 Å². The van der Waals surface area contributed by atoms with Gasteiger partial charge in [0.2, 0.25) is 6.29 Å². The lowest BCUT2D eigenvalue weighted by atomic mass is 10.1. The van der Waals surface area contributed by atoms with Crippen molar-refractivity contribution < 1.29 is 9.90 Å². The minimum absolute atomic E-state index is 0. The van der Waals surface area contributed by atoms with E-state index in [0.717, 1.165) is 0 Å². The summed E-state index contributed by atoms with van der Waals surface area (Å²) >= 11 is 0. The van der Waals surface area contributed by atoms with Crippen LogP contribution in [0.5, 0.6) is 0 Å². The number of aliphatic hydroxyl groups is 1. The Hall–Kier alpha value is 0.162. The molecule has 0 fully saturated rings. The van der Waals surface area contributed by atoms with Gasteiger partial charge in [-0.05, 0) is 5.92 Å². The van der Waals surface area contributed by atoms with Gasteiger partial charge in [0.25, 0.3) is 0 Å². The van der Waals surface area contributed by atoms with Crippen molar-refractivity contribution in [2.24, 2.45) is 5.92 Å². The summed E-state index contributed by atoms with van der Waals surface area (Å²) in [5.74, 6) is 0.163. The standard InChI is InChI=1S/C6H11O2.Al.3H/c1-5(2)6(8)3-4-7;;;;/h5-6,8H,3H2,1-2H3;;;;. The van der Waals surface area contributed by atoms with E-state index in [9.17, 15) is 4.79 Å². The predicted octanol–water partition coefficient (Wildman–Crippen LogP) is -0.681. The molecule has 9 heavy (non-hydrogen) atoms. The van der Waals surface area contributed by atoms with E-state index in [1.165, 1.54) is 0 Å². The Morgan fingerprint density at radius 2 is 2.00 bits per heavy atom. The lowest BCUT2D eigenvalue weighted by Gasteiger charge is -2.08. The van der Waals surface area contributed by atoms with Crippen LogP contribution in [0.2, 0.25) is 0 Å². The molecule has 53 valence electrons. The average Bonchev–Trinajstić information content (AvgIpc) is 1.67. The summed E-state index contributed by atoms with van der Waals surface area (Å²) in [6.45, 7) is 3.73. The largest absolute Gasteiger partial charge is 0.392 e. The van der Waals surface area contributed by atoms with Crippen LogP contribution >= 0.6 is 0 Å². The van der Waals surface area contributed by atoms with Gasteiger partial charge in [-0.15, -0.1) is 0 Å². The zero-order valence-corrected chi connectivity index (χ0v) is 5.22. The van der Waals surface area contributed by atoms with Crippen molar-refractivity contribution in [1.29, 1.82) is 0 Å². The summed E-state index contributed by atoms with van der Waals surface area (Å²) in [5, 5.41) is 8.86. The predicted molar refractivity (Wildman–Crippen MR) is 41.1 cm³/mol. The summed E-state index contributed by atoms with van der Waals surface area (Å²) in [6, 6.07) is 0. The molecule has 1 radical (unpaired) electrons. The van der Waals surface area contributed by atoms with Gasteiger partial charge in [-0.3, -0.25) is 4.79 Å². The third-order valence-corrected chi connectivity index (χ3v) is 1.06. The Labute approximate surface area is 66.4 Å². The molecule has 0 aliphatic carbocycles. The Bertz CT molecular complexity index is 73.5. The molecular weight excluding hydrogens is 131 g/mol. The van der Waals surface area contributed by atoms with E-state index < -0.39 is 6.10 Å². The Kier molecular flexibility index (Phi) is 8.31. The molecule has 0 bridgehead atoms. The van der Waals surface area contributed by atoms with Crippen molar-refractivity contribution in [3.63, 3.8) is 0 Å². The first-order valence-electron chi connectivity index (χ1n) is 2.71. The minimum atomic E-state index is -0.507. The molecule has 0 aromatic heterocycles. The normalized spacial score (nSPS) is 12.4. The zero-order valence-electron chi connectivity index (χ0n) is 5.22. The molecule has 0 aromatic carbocycles. The molecule has 0 heterocycles. The number of aliphatic hydroxyl groups excluding tert-OH is 1. The Morgan fingerprint density at radius 3 is 2.11 bits per heavy atom. The van der Waals surface area contributed by atoms with Gasteiger partial charge in [0.05, 0.1) is 6.10 Å². The Balaban J connectivity index is 0. The summed E-state index contributed by atoms with van der Waals surface area (Å²) in [7, 11) is 0. The molecule has 2 nitrogen and oxygen atoms in total. The average molecular weight is 145 g/mol. The minimum Gasteiger partial charge on any atom is -0.392 e. The van der Waals surface area contributed by atoms with Gasteiger partial charge in [-0.1, -0.05) is 13.8 Å². The summed E-state index contributed by atoms with van der Waals surface area (Å²) in [4.78, 5) is 9.63. The second kappa shape index (κ2) is 6.28. The van der Waals surface area contributed by atoms with Crippen LogP contribution < -0.4 is 0 Å². The van der Waals surface area contributed by atoms with Crippen molar-refractivity contribution in [3.05, 3.63) is 0 Å². The quantitative estimate of drug-likeness (QED) is 0.534. The molecule has 0 saturated heterocycles. The molecule has 1 atom stereocenters. The smallest absolute Gasteiger partial charge is 0.201 e. The molecule has 0 aliphatic heterocycles. The lowest BCUT2D eigenvalue weighted by molar-refractivity contribution is 0.132. The fourth-order valence-electron chi connectivity index (χ4n) is 0.321. The number of hydrogen-bond acceptors (Lipinski definition) is 2. The van der Waals surface area contributed by atoms with Crippen molar-refractivity contribution in [1.82, 2.24) is 0 Å². The van der Waals surface area contributed by atoms with Crippen LogP contribution in [-0.4, -0.2) is 34.9 Å². The van der Waals surface area contributed by atoms with Gasteiger partial charge in [-0.2, -0.15) is 0 Å². The van der Waals surface area contributed by atoms with E-state index in [-0.39, 0.29) is 29.7 Å². The maximum atomic E-state index is 9.63. The number of rotatable bonds is 3. The highest BCUT2D eigenvalue weighted by molar-refractivity contribution is 5.75. The van der Waals surface area contributed by atoms with Crippen LogP contribution in [0, 0.1) is 5.92 Å². The van der Waals surface area contributed by atoms with Crippen LogP contribution in [0.3, 0.4) is 0 Å². The van der Waals surface area contributed by atoms with Crippen LogP contribution in [0.25, 0.3) is 0 Å². The van der Waals surface area contributed by atoms with Gasteiger partial charge in [0.1, 0.15) is 0 Å². The summed E-state index contributed by atoms with van der Waals surface area (Å²) < 4.78 is 0. The van der Waals surface area contributed by atoms with Gasteiger partial charge < -0.3 is 5.11 Å². The number of carbonyl (C=O) groups excluding carboxylic acids is 1. The topological polar surface area (TPSA) is 37.3 Å². The van der Waals surface area contributed by atoms with Crippen LogP contribution in [0.15, 0.2) is 0 Å². The monoisotopic (exact) mass is 145 g/mol. The highest BCUT2D eigenvalue weighted by atomic mass is 27.0. The molecular formula is C6H14AlO2. The van der Waals surface area contributed by atoms with Crippen LogP contribution in [0.4, 0.5) is 0 Å². The van der Waals surface area contributed by atoms with Crippen molar-refractivity contribution in [2.75, 3.05) is 0 Å². The van der Waals surface area contributed by atoms with E-state index in [1.54, 1.807) is 6.29 Å². The molecule has 0 spiro atoms. The summed E-state index contributed by atoms with van der Waals surface area (Å²) in [6.07, 6.45) is 1.28. The van der Waals surface area contributed by atoms with E-state index in [4.69, 9.17) is 5.11 Å². The molecule has 0 aliphatic rings. The maximum Gasteiger partial charge on any atom is 0.201 e. The van der Waals surface area contributed by atoms with Crippen molar-refractivity contribution in [2.45, 2.75) is 26.4 Å². The highest BCUT2D eigenvalue weighted by Gasteiger charge is 2.06. The summed E-state index contributed by atoms with van der Waals surface area (Å²) in [5.41, 5.74) is 0. The molecule has 0 amide bonds. The molecule has 1 unspecified atom stereocenters. The maximum absolute atomic E-state index is 9.63. The first-order chi connectivity index (χ1) is 3.68. The SMILES string of the molecule is CC(C)C(O)C[C]=O.[AlH3]. The molecule has 3 heteroatoms. The highest BCUT2D eigenvalue weighted by Crippen LogP contribution is 2.02. The van der Waals surface area contributed by atoms with Crippen LogP contribution in [0.1, 0.15) is 20.3 Å². The molecule has 0 rings (SSSR count). The zero-order chi connectivity index (χ0) is 6.57. The van der Waals surface area contributed by atoms with E-state index in [2.05, 4.69) is 0 Å². The lowest BCUT2D eigenvalue weighted by Crippen LogP contribution is -2.14. The fourth-order valence-corrected chi connectivity index (χ4v) is 0.321. The third kappa shape index (κ3) is 6.04. The Morgan fingerprint density at radius 1 is 1.56 bits per heavy atom. The first-order valence-corrected chi connectivity index (χ1v) is 2.71. The second-order valence-corrected chi connectivity index (χ2v) is 2.16. The second-order valence-electron chi connectivity index (χ2n) is 2.16. The van der Waals surface area contributed by atoms with E-state index in [1.807, 2.05) is 13.8 Å². The molecule has 0 saturated carbocycles. The van der Waals surface area contributed by atoms with Crippen LogP contribution in [-0.2, 0) is 4.79 Å². The van der Waals surface area contributed by atoms with E-state index >= 15 is 0 Å². The first kappa shape index (κ1) is 11.9. The van der Waals surface area contributed by atoms with Gasteiger partial charge in [0, 0.05) is 6.42 Å². The van der Waals surface area contributed by atoms with Crippen molar-refractivity contribution in [3.8, 4) is 0 Å². The van der Waals surface area contributed by atoms with Gasteiger partial charge in [-0.25, -0.2) is 0 Å². The molecule has 1 N–H and O–H groups in total. The van der Waals surface area contributed by atoms with E-state index in [0.29, 0.717) is 0 Å². The van der Waals surface area contributed by atoms with Gasteiger partial charge >= 0.3 is 0 Å². The molecule has 0 aromatic rings.